The summed E-state index contributed by atoms with van der Waals surface area (Å²) in [6.45, 7) is 6.39. The first kappa shape index (κ1) is 58.3. The zero-order valence-corrected chi connectivity index (χ0v) is 40.1. The standard InChI is InChI=1S/C56H92O6/c1-4-7-10-13-16-19-21-22-23-24-25-26-27-28-29-30-31-32-33-34-35-38-40-43-46-49-55(58)61-52-53(51-60-54(57)48-45-42-39-36-18-15-12-9-6-3)62-56(59)50-47-44-41-37-20-17-14-11-8-5-2/h7,10-11,14,16,19,22-23,25-26,28-29,31-32,34-35,53H,4-6,8-9,12-13,15,17-18,20-21,24,27,30,33,36-52H2,1-3H3/b10-7-,14-11-,19-16-,23-22-,26-25-,29-28-,32-31-,35-34-. The van der Waals surface area contributed by atoms with Crippen molar-refractivity contribution in [1.29, 1.82) is 0 Å². The first-order chi connectivity index (χ1) is 30.5. The number of hydrogen-bond donors (Lipinski definition) is 0. The van der Waals surface area contributed by atoms with E-state index in [4.69, 9.17) is 14.2 Å². The van der Waals surface area contributed by atoms with Gasteiger partial charge >= 0.3 is 17.9 Å². The van der Waals surface area contributed by atoms with Crippen molar-refractivity contribution in [2.24, 2.45) is 0 Å². The number of ether oxygens (including phenoxy) is 3. The lowest BCUT2D eigenvalue weighted by atomic mass is 10.1. The van der Waals surface area contributed by atoms with Crippen molar-refractivity contribution in [2.45, 2.75) is 226 Å². The molecule has 0 radical (unpaired) electrons. The van der Waals surface area contributed by atoms with Crippen LogP contribution in [0.4, 0.5) is 0 Å². The van der Waals surface area contributed by atoms with E-state index in [2.05, 4.69) is 118 Å². The minimum atomic E-state index is -0.792. The van der Waals surface area contributed by atoms with Gasteiger partial charge in [-0.25, -0.2) is 0 Å². The van der Waals surface area contributed by atoms with E-state index >= 15 is 0 Å². The molecule has 0 amide bonds. The second kappa shape index (κ2) is 50.0. The molecular formula is C56H92O6. The Kier molecular flexibility index (Phi) is 47.0. The fraction of sp³-hybridized carbons (Fsp3) is 0.661. The Balaban J connectivity index is 4.32. The van der Waals surface area contributed by atoms with E-state index in [9.17, 15) is 14.4 Å². The average Bonchev–Trinajstić information content (AvgIpc) is 3.27. The van der Waals surface area contributed by atoms with Crippen LogP contribution in [0.3, 0.4) is 0 Å². The maximum Gasteiger partial charge on any atom is 0.306 e. The lowest BCUT2D eigenvalue weighted by molar-refractivity contribution is -0.167. The summed E-state index contributed by atoms with van der Waals surface area (Å²) in [5, 5.41) is 0. The van der Waals surface area contributed by atoms with Gasteiger partial charge in [-0.3, -0.25) is 14.4 Å². The summed E-state index contributed by atoms with van der Waals surface area (Å²) in [6, 6.07) is 0. The Bertz CT molecular complexity index is 1260. The largest absolute Gasteiger partial charge is 0.462 e. The van der Waals surface area contributed by atoms with Gasteiger partial charge < -0.3 is 14.2 Å². The van der Waals surface area contributed by atoms with Gasteiger partial charge in [0.1, 0.15) is 13.2 Å². The van der Waals surface area contributed by atoms with E-state index in [1.807, 2.05) is 0 Å². The van der Waals surface area contributed by atoms with Crippen LogP contribution in [0, 0.1) is 0 Å². The van der Waals surface area contributed by atoms with Gasteiger partial charge in [-0.15, -0.1) is 0 Å². The number of hydrogen-bond acceptors (Lipinski definition) is 6. The highest BCUT2D eigenvalue weighted by Gasteiger charge is 2.19. The summed E-state index contributed by atoms with van der Waals surface area (Å²) >= 11 is 0. The third-order valence-corrected chi connectivity index (χ3v) is 10.3. The van der Waals surface area contributed by atoms with Gasteiger partial charge in [-0.05, 0) is 96.3 Å². The highest BCUT2D eigenvalue weighted by Crippen LogP contribution is 2.13. The molecule has 62 heavy (non-hydrogen) atoms. The van der Waals surface area contributed by atoms with Gasteiger partial charge in [-0.2, -0.15) is 0 Å². The molecule has 0 spiro atoms. The van der Waals surface area contributed by atoms with Crippen molar-refractivity contribution in [3.8, 4) is 0 Å². The fourth-order valence-electron chi connectivity index (χ4n) is 6.54. The molecule has 0 aliphatic heterocycles. The van der Waals surface area contributed by atoms with Gasteiger partial charge in [0.05, 0.1) is 0 Å². The minimum Gasteiger partial charge on any atom is -0.462 e. The van der Waals surface area contributed by atoms with Crippen molar-refractivity contribution in [3.63, 3.8) is 0 Å². The molecule has 0 N–H and O–H groups in total. The number of unbranched alkanes of at least 4 members (excludes halogenated alkanes) is 17. The average molecular weight is 861 g/mol. The summed E-state index contributed by atoms with van der Waals surface area (Å²) in [4.78, 5) is 37.8. The van der Waals surface area contributed by atoms with Crippen molar-refractivity contribution >= 4 is 17.9 Å². The normalized spacial score (nSPS) is 12.9. The van der Waals surface area contributed by atoms with E-state index in [-0.39, 0.29) is 31.1 Å². The SMILES string of the molecule is CC/C=C\C/C=C\C/C=C\C/C=C\C/C=C\C/C=C\C/C=C\CCCCCC(=O)OCC(COC(=O)CCCCCCCCCCC)OC(=O)CCCCCCC/C=C\CCC. The molecule has 6 nitrogen and oxygen atoms in total. The Morgan fingerprint density at radius 3 is 1.08 bits per heavy atom. The Morgan fingerprint density at radius 2 is 0.661 bits per heavy atom. The van der Waals surface area contributed by atoms with Crippen LogP contribution in [0.25, 0.3) is 0 Å². The molecule has 1 atom stereocenters. The van der Waals surface area contributed by atoms with Crippen LogP contribution in [-0.4, -0.2) is 37.2 Å². The van der Waals surface area contributed by atoms with Crippen LogP contribution in [0.1, 0.15) is 220 Å². The second-order valence-electron chi connectivity index (χ2n) is 16.3. The number of carbonyl (C=O) groups is 3. The molecule has 0 aliphatic rings. The summed E-state index contributed by atoms with van der Waals surface area (Å²) in [5.74, 6) is -0.946. The lowest BCUT2D eigenvalue weighted by Crippen LogP contribution is -2.30. The van der Waals surface area contributed by atoms with Crippen LogP contribution in [-0.2, 0) is 28.6 Å². The predicted molar refractivity (Wildman–Crippen MR) is 265 cm³/mol. The van der Waals surface area contributed by atoms with Crippen LogP contribution in [0.5, 0.6) is 0 Å². The minimum absolute atomic E-state index is 0.0915. The molecule has 0 aromatic carbocycles. The Hall–Kier alpha value is -3.67. The third-order valence-electron chi connectivity index (χ3n) is 10.3. The first-order valence-corrected chi connectivity index (χ1v) is 25.2. The van der Waals surface area contributed by atoms with Crippen LogP contribution < -0.4 is 0 Å². The quantitative estimate of drug-likeness (QED) is 0.0263. The molecule has 0 bridgehead atoms. The van der Waals surface area contributed by atoms with Gasteiger partial charge in [0.15, 0.2) is 6.10 Å². The smallest absolute Gasteiger partial charge is 0.306 e. The van der Waals surface area contributed by atoms with E-state index in [1.165, 1.54) is 51.4 Å². The van der Waals surface area contributed by atoms with Gasteiger partial charge in [-0.1, -0.05) is 201 Å². The predicted octanol–water partition coefficient (Wildman–Crippen LogP) is 16.6. The number of esters is 3. The highest BCUT2D eigenvalue weighted by molar-refractivity contribution is 5.71. The molecule has 0 aromatic heterocycles. The van der Waals surface area contributed by atoms with E-state index in [0.29, 0.717) is 19.3 Å². The zero-order chi connectivity index (χ0) is 45.1. The molecule has 0 saturated carbocycles. The molecule has 0 fully saturated rings. The van der Waals surface area contributed by atoms with E-state index in [0.717, 1.165) is 128 Å². The van der Waals surface area contributed by atoms with E-state index in [1.54, 1.807) is 0 Å². The maximum atomic E-state index is 12.7. The molecule has 0 heterocycles. The molecule has 0 saturated heterocycles. The van der Waals surface area contributed by atoms with Crippen LogP contribution in [0.15, 0.2) is 97.2 Å². The molecule has 6 heteroatoms. The second-order valence-corrected chi connectivity index (χ2v) is 16.3. The molecule has 0 aliphatic carbocycles. The molecule has 352 valence electrons. The summed E-state index contributed by atoms with van der Waals surface area (Å²) in [5.41, 5.74) is 0. The molecule has 1 unspecified atom stereocenters. The summed E-state index contributed by atoms with van der Waals surface area (Å²) in [7, 11) is 0. The van der Waals surface area contributed by atoms with Gasteiger partial charge in [0.2, 0.25) is 0 Å². The topological polar surface area (TPSA) is 78.9 Å². The monoisotopic (exact) mass is 861 g/mol. The maximum absolute atomic E-state index is 12.7. The lowest BCUT2D eigenvalue weighted by Gasteiger charge is -2.18. The summed E-state index contributed by atoms with van der Waals surface area (Å²) in [6.07, 6.45) is 65.5. The highest BCUT2D eigenvalue weighted by atomic mass is 16.6. The summed E-state index contributed by atoms with van der Waals surface area (Å²) < 4.78 is 16.7. The van der Waals surface area contributed by atoms with E-state index < -0.39 is 6.10 Å². The number of rotatable bonds is 44. The Morgan fingerprint density at radius 1 is 0.339 bits per heavy atom. The van der Waals surface area contributed by atoms with Crippen molar-refractivity contribution in [2.75, 3.05) is 13.2 Å². The first-order valence-electron chi connectivity index (χ1n) is 25.2. The number of allylic oxidation sites excluding steroid dienone is 16. The zero-order valence-electron chi connectivity index (χ0n) is 40.1. The van der Waals surface area contributed by atoms with Gasteiger partial charge in [0, 0.05) is 19.3 Å². The van der Waals surface area contributed by atoms with Crippen molar-refractivity contribution in [1.82, 2.24) is 0 Å². The third kappa shape index (κ3) is 47.4. The Labute approximate surface area is 381 Å². The van der Waals surface area contributed by atoms with Crippen molar-refractivity contribution in [3.05, 3.63) is 97.2 Å². The van der Waals surface area contributed by atoms with Gasteiger partial charge in [0.25, 0.3) is 0 Å². The molecule has 0 aromatic rings. The number of carbonyl (C=O) groups excluding carboxylic acids is 3. The van der Waals surface area contributed by atoms with Crippen LogP contribution in [0.2, 0.25) is 0 Å². The molecular weight excluding hydrogens is 769 g/mol. The molecule has 0 rings (SSSR count). The van der Waals surface area contributed by atoms with Crippen LogP contribution >= 0.6 is 0 Å². The van der Waals surface area contributed by atoms with Crippen molar-refractivity contribution < 1.29 is 28.6 Å². The fourth-order valence-corrected chi connectivity index (χ4v) is 6.54.